The van der Waals surface area contributed by atoms with Crippen molar-refractivity contribution in [1.29, 1.82) is 5.26 Å². The summed E-state index contributed by atoms with van der Waals surface area (Å²) in [5.41, 5.74) is 1.36. The van der Waals surface area contributed by atoms with Gasteiger partial charge < -0.3 is 15.7 Å². The molecule has 1 aromatic carbocycles. The molecule has 0 radical (unpaired) electrons. The van der Waals surface area contributed by atoms with Crippen LogP contribution in [0.5, 0.6) is 0 Å². The van der Waals surface area contributed by atoms with Crippen LogP contribution in [0.2, 0.25) is 5.02 Å². The summed E-state index contributed by atoms with van der Waals surface area (Å²) in [4.78, 5) is 0. The summed E-state index contributed by atoms with van der Waals surface area (Å²) < 4.78 is 0. The fourth-order valence-corrected chi connectivity index (χ4v) is 1.54. The molecule has 5 heteroatoms. The van der Waals surface area contributed by atoms with Gasteiger partial charge in [-0.3, -0.25) is 0 Å². The first-order valence-electron chi connectivity index (χ1n) is 5.46. The average Bonchev–Trinajstić information content (AvgIpc) is 2.28. The lowest BCUT2D eigenvalue weighted by Crippen LogP contribution is -2.28. The van der Waals surface area contributed by atoms with E-state index in [2.05, 4.69) is 10.6 Å². The molecule has 0 saturated carbocycles. The first-order chi connectivity index (χ1) is 8.13. The number of nitrogens with one attached hydrogen (secondary N) is 2. The van der Waals surface area contributed by atoms with Gasteiger partial charge in [0.15, 0.2) is 0 Å². The Morgan fingerprint density at radius 2 is 2.24 bits per heavy atom. The number of halogens is 1. The van der Waals surface area contributed by atoms with Gasteiger partial charge in [0.2, 0.25) is 0 Å². The van der Waals surface area contributed by atoms with E-state index >= 15 is 0 Å². The molecule has 1 aromatic rings. The van der Waals surface area contributed by atoms with E-state index in [9.17, 15) is 0 Å². The minimum Gasteiger partial charge on any atom is -0.392 e. The van der Waals surface area contributed by atoms with Gasteiger partial charge in [-0.1, -0.05) is 11.6 Å². The maximum atomic E-state index is 9.03. The third-order valence-corrected chi connectivity index (χ3v) is 2.47. The van der Waals surface area contributed by atoms with Crippen LogP contribution in [0.3, 0.4) is 0 Å². The number of aliphatic hydroxyl groups is 1. The number of rotatable bonds is 6. The fraction of sp³-hybridized carbons (Fsp3) is 0.417. The standard InChI is InChI=1S/C12H16ClN3O/c1-9(17)8-15-4-5-16-11-3-2-10(7-14)12(13)6-11/h2-3,6,9,15-17H,4-5,8H2,1H3. The Kier molecular flexibility index (Phi) is 5.78. The lowest BCUT2D eigenvalue weighted by atomic mass is 10.2. The molecule has 0 heterocycles. The zero-order valence-electron chi connectivity index (χ0n) is 9.70. The lowest BCUT2D eigenvalue weighted by Gasteiger charge is -2.09. The highest BCUT2D eigenvalue weighted by Crippen LogP contribution is 2.19. The van der Waals surface area contributed by atoms with Gasteiger partial charge in [0.25, 0.3) is 0 Å². The smallest absolute Gasteiger partial charge is 0.101 e. The fourth-order valence-electron chi connectivity index (χ4n) is 1.32. The van der Waals surface area contributed by atoms with Crippen molar-refractivity contribution >= 4 is 17.3 Å². The molecule has 0 aromatic heterocycles. The van der Waals surface area contributed by atoms with Crippen LogP contribution in [0.15, 0.2) is 18.2 Å². The van der Waals surface area contributed by atoms with E-state index in [-0.39, 0.29) is 6.10 Å². The SMILES string of the molecule is CC(O)CNCCNc1ccc(C#N)c(Cl)c1. The molecule has 0 aliphatic rings. The number of benzene rings is 1. The van der Waals surface area contributed by atoms with Gasteiger partial charge in [0, 0.05) is 25.3 Å². The molecule has 1 unspecified atom stereocenters. The highest BCUT2D eigenvalue weighted by Gasteiger charge is 2.00. The summed E-state index contributed by atoms with van der Waals surface area (Å²) in [6.45, 7) is 3.80. The van der Waals surface area contributed by atoms with Gasteiger partial charge in [-0.15, -0.1) is 0 Å². The molecule has 0 amide bonds. The molecular formula is C12H16ClN3O. The molecular weight excluding hydrogens is 238 g/mol. The van der Waals surface area contributed by atoms with Gasteiger partial charge in [-0.05, 0) is 25.1 Å². The Hall–Kier alpha value is -1.28. The Labute approximate surface area is 106 Å². The Morgan fingerprint density at radius 1 is 1.47 bits per heavy atom. The van der Waals surface area contributed by atoms with Gasteiger partial charge in [-0.2, -0.15) is 5.26 Å². The Morgan fingerprint density at radius 3 is 2.82 bits per heavy atom. The van der Waals surface area contributed by atoms with E-state index in [1.807, 2.05) is 12.1 Å². The third kappa shape index (κ3) is 5.05. The van der Waals surface area contributed by atoms with Crippen LogP contribution in [-0.4, -0.2) is 30.8 Å². The summed E-state index contributed by atoms with van der Waals surface area (Å²) in [6.07, 6.45) is -0.334. The first-order valence-corrected chi connectivity index (χ1v) is 5.83. The molecule has 4 nitrogen and oxygen atoms in total. The molecule has 0 saturated heterocycles. The molecule has 0 bridgehead atoms. The predicted octanol–water partition coefficient (Wildman–Crippen LogP) is 1.59. The predicted molar refractivity (Wildman–Crippen MR) is 69.2 cm³/mol. The van der Waals surface area contributed by atoms with Gasteiger partial charge in [-0.25, -0.2) is 0 Å². The molecule has 1 atom stereocenters. The summed E-state index contributed by atoms with van der Waals surface area (Å²) in [5.74, 6) is 0. The van der Waals surface area contributed by atoms with Crippen molar-refractivity contribution in [2.45, 2.75) is 13.0 Å². The topological polar surface area (TPSA) is 68.1 Å². The van der Waals surface area contributed by atoms with E-state index in [0.717, 1.165) is 18.8 Å². The van der Waals surface area contributed by atoms with Crippen LogP contribution in [0.4, 0.5) is 5.69 Å². The number of nitrogens with zero attached hydrogens (tertiary/aromatic N) is 1. The van der Waals surface area contributed by atoms with E-state index in [4.69, 9.17) is 22.0 Å². The van der Waals surface area contributed by atoms with Crippen LogP contribution < -0.4 is 10.6 Å². The van der Waals surface area contributed by atoms with Crippen LogP contribution in [0, 0.1) is 11.3 Å². The molecule has 92 valence electrons. The monoisotopic (exact) mass is 253 g/mol. The molecule has 17 heavy (non-hydrogen) atoms. The number of nitriles is 1. The van der Waals surface area contributed by atoms with E-state index in [0.29, 0.717) is 17.1 Å². The van der Waals surface area contributed by atoms with E-state index < -0.39 is 0 Å². The summed E-state index contributed by atoms with van der Waals surface area (Å²) in [5, 5.41) is 24.5. The number of hydrogen-bond donors (Lipinski definition) is 3. The largest absolute Gasteiger partial charge is 0.392 e. The van der Waals surface area contributed by atoms with Crippen LogP contribution in [0.1, 0.15) is 12.5 Å². The maximum absolute atomic E-state index is 9.03. The molecule has 0 fully saturated rings. The quantitative estimate of drug-likeness (QED) is 0.674. The van der Waals surface area contributed by atoms with Gasteiger partial charge >= 0.3 is 0 Å². The van der Waals surface area contributed by atoms with Gasteiger partial charge in [0.05, 0.1) is 16.7 Å². The first kappa shape index (κ1) is 13.8. The third-order valence-electron chi connectivity index (χ3n) is 2.16. The second-order valence-corrected chi connectivity index (χ2v) is 4.19. The second-order valence-electron chi connectivity index (χ2n) is 3.79. The number of hydrogen-bond acceptors (Lipinski definition) is 4. The maximum Gasteiger partial charge on any atom is 0.101 e. The van der Waals surface area contributed by atoms with Crippen molar-refractivity contribution < 1.29 is 5.11 Å². The lowest BCUT2D eigenvalue weighted by molar-refractivity contribution is 0.192. The highest BCUT2D eigenvalue weighted by molar-refractivity contribution is 6.32. The van der Waals surface area contributed by atoms with Crippen molar-refractivity contribution in [3.05, 3.63) is 28.8 Å². The molecule has 0 aliphatic heterocycles. The van der Waals surface area contributed by atoms with Crippen molar-refractivity contribution in [3.8, 4) is 6.07 Å². The molecule has 3 N–H and O–H groups in total. The highest BCUT2D eigenvalue weighted by atomic mass is 35.5. The zero-order valence-corrected chi connectivity index (χ0v) is 10.5. The van der Waals surface area contributed by atoms with Crippen LogP contribution in [-0.2, 0) is 0 Å². The van der Waals surface area contributed by atoms with E-state index in [1.54, 1.807) is 19.1 Å². The van der Waals surface area contributed by atoms with Crippen LogP contribution >= 0.6 is 11.6 Å². The molecule has 0 spiro atoms. The van der Waals surface area contributed by atoms with Crippen molar-refractivity contribution in [2.24, 2.45) is 0 Å². The Bertz CT molecular complexity index is 401. The second kappa shape index (κ2) is 7.13. The average molecular weight is 254 g/mol. The van der Waals surface area contributed by atoms with E-state index in [1.165, 1.54) is 0 Å². The van der Waals surface area contributed by atoms with Crippen LogP contribution in [0.25, 0.3) is 0 Å². The molecule has 1 rings (SSSR count). The van der Waals surface area contributed by atoms with Crippen molar-refractivity contribution in [3.63, 3.8) is 0 Å². The van der Waals surface area contributed by atoms with Gasteiger partial charge in [0.1, 0.15) is 6.07 Å². The normalized spacial score (nSPS) is 11.9. The summed E-state index contributed by atoms with van der Waals surface area (Å²) >= 11 is 5.90. The summed E-state index contributed by atoms with van der Waals surface area (Å²) in [7, 11) is 0. The minimum atomic E-state index is -0.334. The van der Waals surface area contributed by atoms with Crippen molar-refractivity contribution in [1.82, 2.24) is 5.32 Å². The summed E-state index contributed by atoms with van der Waals surface area (Å²) in [6, 6.07) is 7.25. The molecule has 0 aliphatic carbocycles. The van der Waals surface area contributed by atoms with Crippen molar-refractivity contribution in [2.75, 3.05) is 25.0 Å². The number of anilines is 1. The number of aliphatic hydroxyl groups excluding tert-OH is 1. The zero-order chi connectivity index (χ0) is 12.7. The minimum absolute atomic E-state index is 0.334. The Balaban J connectivity index is 2.33.